The van der Waals surface area contributed by atoms with Crippen LogP contribution in [0.15, 0.2) is 22.8 Å². The van der Waals surface area contributed by atoms with Gasteiger partial charge in [0.15, 0.2) is 12.3 Å². The van der Waals surface area contributed by atoms with Gasteiger partial charge < -0.3 is 0 Å². The first kappa shape index (κ1) is 8.96. The normalized spacial score (nSPS) is 11.0. The summed E-state index contributed by atoms with van der Waals surface area (Å²) in [6, 6.07) is 2.82. The molecule has 0 atom stereocenters. The van der Waals surface area contributed by atoms with Gasteiger partial charge in [-0.15, -0.1) is 3.89 Å². The molecule has 0 aliphatic heterocycles. The van der Waals surface area contributed by atoms with Crippen LogP contribution in [0.1, 0.15) is 0 Å². The first-order valence-corrected chi connectivity index (χ1v) is 4.81. The minimum Gasteiger partial charge on any atom is -0.206 e. The maximum Gasteiger partial charge on any atom is 0.187 e. The van der Waals surface area contributed by atoms with Crippen molar-refractivity contribution in [2.75, 3.05) is 0 Å². The molecule has 0 aliphatic rings. The Labute approximate surface area is 85.5 Å². The molecule has 2 nitrogen and oxygen atoms in total. The molecule has 13 heavy (non-hydrogen) atoms. The average Bonchev–Trinajstić information content (AvgIpc) is 2.48. The van der Waals surface area contributed by atoms with Gasteiger partial charge in [-0.25, -0.2) is 4.39 Å². The predicted octanol–water partition coefficient (Wildman–Crippen LogP) is 3.32. The van der Waals surface area contributed by atoms with Crippen LogP contribution in [0.3, 0.4) is 0 Å². The highest BCUT2D eigenvalue weighted by Crippen LogP contribution is 2.23. The topological polar surface area (TPSA) is 17.8 Å². The van der Waals surface area contributed by atoms with Crippen molar-refractivity contribution < 1.29 is 8.28 Å². The maximum absolute atomic E-state index is 13.0. The molecular formula is C7H3BrF2N2S. The van der Waals surface area contributed by atoms with Crippen molar-refractivity contribution in [1.82, 2.24) is 9.19 Å². The van der Waals surface area contributed by atoms with Crippen molar-refractivity contribution in [3.05, 3.63) is 28.6 Å². The van der Waals surface area contributed by atoms with Crippen molar-refractivity contribution in [2.24, 2.45) is 0 Å². The lowest BCUT2D eigenvalue weighted by Gasteiger charge is -1.91. The predicted molar refractivity (Wildman–Crippen MR) is 51.5 cm³/mol. The largest absolute Gasteiger partial charge is 0.206 e. The van der Waals surface area contributed by atoms with E-state index in [4.69, 9.17) is 0 Å². The molecular weight excluding hydrogens is 262 g/mol. The lowest BCUT2D eigenvalue weighted by atomic mass is 10.2. The molecule has 2 aromatic rings. The van der Waals surface area contributed by atoms with E-state index in [9.17, 15) is 8.28 Å². The van der Waals surface area contributed by atoms with Crippen molar-refractivity contribution in [2.45, 2.75) is 0 Å². The number of nitrogens with zero attached hydrogens (tertiary/aromatic N) is 2. The van der Waals surface area contributed by atoms with Crippen LogP contribution in [0, 0.1) is 5.82 Å². The highest BCUT2D eigenvalue weighted by atomic mass is 79.9. The van der Waals surface area contributed by atoms with Crippen molar-refractivity contribution in [3.8, 4) is 0 Å². The fourth-order valence-corrected chi connectivity index (χ4v) is 1.66. The second kappa shape index (κ2) is 3.26. The zero-order valence-corrected chi connectivity index (χ0v) is 8.57. The van der Waals surface area contributed by atoms with E-state index in [1.807, 2.05) is 0 Å². The van der Waals surface area contributed by atoms with Crippen molar-refractivity contribution >= 4 is 39.2 Å². The van der Waals surface area contributed by atoms with Crippen LogP contribution in [0.25, 0.3) is 10.9 Å². The van der Waals surface area contributed by atoms with Gasteiger partial charge in [-0.1, -0.05) is 0 Å². The number of aromatic nitrogens is 2. The second-order valence-corrected chi connectivity index (χ2v) is 3.79. The number of fused-ring (bicyclic) bond motifs is 1. The summed E-state index contributed by atoms with van der Waals surface area (Å²) in [6.45, 7) is 0. The molecule has 0 saturated heterocycles. The van der Waals surface area contributed by atoms with Crippen LogP contribution in [-0.4, -0.2) is 9.19 Å². The van der Waals surface area contributed by atoms with Gasteiger partial charge in [0.1, 0.15) is 5.82 Å². The summed E-state index contributed by atoms with van der Waals surface area (Å²) in [5.74, 6) is -0.401. The van der Waals surface area contributed by atoms with E-state index in [0.717, 1.165) is 4.09 Å². The summed E-state index contributed by atoms with van der Waals surface area (Å²) < 4.78 is 26.4. The Morgan fingerprint density at radius 1 is 1.46 bits per heavy atom. The smallest absolute Gasteiger partial charge is 0.187 e. The van der Waals surface area contributed by atoms with E-state index in [2.05, 4.69) is 21.0 Å². The SMILES string of the molecule is FSn1cc2cc(Br)c(F)cc2n1. The van der Waals surface area contributed by atoms with Gasteiger partial charge in [-0.05, 0) is 22.0 Å². The molecule has 0 saturated carbocycles. The van der Waals surface area contributed by atoms with Crippen molar-refractivity contribution in [1.29, 1.82) is 0 Å². The molecule has 1 aromatic carbocycles. The Hall–Kier alpha value is -0.620. The van der Waals surface area contributed by atoms with Crippen LogP contribution in [0.4, 0.5) is 8.28 Å². The first-order valence-electron chi connectivity index (χ1n) is 3.34. The van der Waals surface area contributed by atoms with Crippen LogP contribution >= 0.6 is 28.3 Å². The number of halogens is 3. The summed E-state index contributed by atoms with van der Waals surface area (Å²) in [5, 5.41) is 4.47. The van der Waals surface area contributed by atoms with E-state index in [0.29, 0.717) is 15.4 Å². The second-order valence-electron chi connectivity index (χ2n) is 2.43. The van der Waals surface area contributed by atoms with Gasteiger partial charge >= 0.3 is 0 Å². The molecule has 0 unspecified atom stereocenters. The summed E-state index contributed by atoms with van der Waals surface area (Å²) in [4.78, 5) is 0. The number of hydrogen-bond acceptors (Lipinski definition) is 2. The third-order valence-electron chi connectivity index (χ3n) is 1.60. The van der Waals surface area contributed by atoms with E-state index < -0.39 is 5.82 Å². The highest BCUT2D eigenvalue weighted by molar-refractivity contribution is 9.10. The van der Waals surface area contributed by atoms with Gasteiger partial charge in [0.05, 0.1) is 9.99 Å². The van der Waals surface area contributed by atoms with E-state index >= 15 is 0 Å². The molecule has 2 rings (SSSR count). The number of hydrogen-bond donors (Lipinski definition) is 0. The third kappa shape index (κ3) is 1.55. The minimum atomic E-state index is -0.401. The quantitative estimate of drug-likeness (QED) is 0.787. The average molecular weight is 265 g/mol. The molecule has 0 N–H and O–H groups in total. The zero-order chi connectivity index (χ0) is 9.42. The minimum absolute atomic E-state index is 0.0259. The van der Waals surface area contributed by atoms with Crippen LogP contribution in [-0.2, 0) is 0 Å². The Morgan fingerprint density at radius 3 is 2.92 bits per heavy atom. The number of rotatable bonds is 1. The van der Waals surface area contributed by atoms with E-state index in [1.165, 1.54) is 12.3 Å². The van der Waals surface area contributed by atoms with Gasteiger partial charge in [0.2, 0.25) is 0 Å². The lowest BCUT2D eigenvalue weighted by molar-refractivity contribution is 0.623. The lowest BCUT2D eigenvalue weighted by Crippen LogP contribution is -1.81. The van der Waals surface area contributed by atoms with E-state index in [1.54, 1.807) is 6.07 Å². The van der Waals surface area contributed by atoms with Crippen LogP contribution in [0.5, 0.6) is 0 Å². The molecule has 0 amide bonds. The molecule has 68 valence electrons. The molecule has 0 spiro atoms. The Kier molecular flexibility index (Phi) is 2.25. The standard InChI is InChI=1S/C7H3BrF2N2S/c8-5-1-4-3-12(13-10)11-7(4)2-6(5)9/h1-3H. The van der Waals surface area contributed by atoms with Gasteiger partial charge in [0, 0.05) is 17.6 Å². The summed E-state index contributed by atoms with van der Waals surface area (Å²) in [6.07, 6.45) is 1.49. The third-order valence-corrected chi connectivity index (χ3v) is 2.53. The zero-order valence-electron chi connectivity index (χ0n) is 6.17. The molecule has 0 fully saturated rings. The maximum atomic E-state index is 13.0. The Bertz CT molecular complexity index is 418. The summed E-state index contributed by atoms with van der Waals surface area (Å²) >= 11 is 3.01. The molecule has 0 bridgehead atoms. The van der Waals surface area contributed by atoms with Crippen LogP contribution < -0.4 is 0 Å². The molecule has 6 heteroatoms. The number of benzene rings is 1. The first-order chi connectivity index (χ1) is 6.20. The fourth-order valence-electron chi connectivity index (χ4n) is 1.03. The monoisotopic (exact) mass is 264 g/mol. The van der Waals surface area contributed by atoms with E-state index in [-0.39, 0.29) is 12.3 Å². The molecule has 0 radical (unpaired) electrons. The summed E-state index contributed by atoms with van der Waals surface area (Å²) in [5.41, 5.74) is 0.436. The molecule has 1 aromatic heterocycles. The molecule has 1 heterocycles. The highest BCUT2D eigenvalue weighted by Gasteiger charge is 2.05. The Balaban J connectivity index is 2.70. The van der Waals surface area contributed by atoms with Crippen LogP contribution in [0.2, 0.25) is 0 Å². The van der Waals surface area contributed by atoms with Crippen molar-refractivity contribution in [3.63, 3.8) is 0 Å². The van der Waals surface area contributed by atoms with Gasteiger partial charge in [-0.3, -0.25) is 0 Å². The van der Waals surface area contributed by atoms with Gasteiger partial charge in [0.25, 0.3) is 0 Å². The van der Waals surface area contributed by atoms with Gasteiger partial charge in [-0.2, -0.15) is 9.19 Å². The Morgan fingerprint density at radius 2 is 2.23 bits per heavy atom. The molecule has 0 aliphatic carbocycles. The summed E-state index contributed by atoms with van der Waals surface area (Å²) in [7, 11) is 0. The fraction of sp³-hybridized carbons (Fsp3) is 0.